The molecule has 11 heteroatoms. The fourth-order valence-corrected chi connectivity index (χ4v) is 5.02. The number of rotatable bonds is 24. The molecule has 230 valence electrons. The minimum absolute atomic E-state index is 0.00529. The summed E-state index contributed by atoms with van der Waals surface area (Å²) in [7, 11) is -4.31. The second-order valence-corrected chi connectivity index (χ2v) is 11.7. The number of carbonyl (C=O) groups is 2. The maximum Gasteiger partial charge on any atom is 0.472 e. The van der Waals surface area contributed by atoms with Gasteiger partial charge in [0.2, 0.25) is 0 Å². The lowest BCUT2D eigenvalue weighted by Crippen LogP contribution is -2.29. The highest BCUT2D eigenvalue weighted by molar-refractivity contribution is 7.47. The van der Waals surface area contributed by atoms with Crippen LogP contribution in [0.1, 0.15) is 97.8 Å². The van der Waals surface area contributed by atoms with Gasteiger partial charge in [-0.15, -0.1) is 0 Å². The first-order chi connectivity index (χ1) is 19.3. The minimum Gasteiger partial charge on any atom is -0.461 e. The molecule has 1 N–H and O–H groups in total. The molecule has 0 aromatic heterocycles. The van der Waals surface area contributed by atoms with Crippen molar-refractivity contribution in [3.8, 4) is 0 Å². The molecule has 0 saturated carbocycles. The molecule has 2 aliphatic heterocycles. The molecule has 0 spiro atoms. The maximum absolute atomic E-state index is 12.4. The quantitative estimate of drug-likeness (QED) is 0.0473. The van der Waals surface area contributed by atoms with E-state index in [1.165, 1.54) is 32.1 Å². The lowest BCUT2D eigenvalue weighted by atomic mass is 10.1. The van der Waals surface area contributed by atoms with Crippen LogP contribution in [-0.4, -0.2) is 67.2 Å². The van der Waals surface area contributed by atoms with Crippen molar-refractivity contribution < 1.29 is 47.0 Å². The van der Waals surface area contributed by atoms with Crippen molar-refractivity contribution in [3.63, 3.8) is 0 Å². The molecule has 2 saturated heterocycles. The molecule has 6 unspecified atom stereocenters. The van der Waals surface area contributed by atoms with Crippen LogP contribution in [0.4, 0.5) is 0 Å². The normalized spacial score (nSPS) is 24.2. The van der Waals surface area contributed by atoms with E-state index in [0.29, 0.717) is 12.2 Å². The predicted octanol–water partition coefficient (Wildman–Crippen LogP) is 5.96. The Labute approximate surface area is 239 Å². The van der Waals surface area contributed by atoms with E-state index in [0.717, 1.165) is 32.1 Å². The number of epoxide rings is 2. The second kappa shape index (κ2) is 19.5. The molecule has 0 bridgehead atoms. The Morgan fingerprint density at radius 2 is 1.32 bits per heavy atom. The smallest absolute Gasteiger partial charge is 0.461 e. The SMILES string of the molecule is CCCCCC1OC1CC=CCC(=O)OCC(COP(=O)(O)OCC)OC(=O)CC=CCC1OC1CCCCC. The lowest BCUT2D eigenvalue weighted by molar-refractivity contribution is -0.160. The Morgan fingerprint density at radius 1 is 0.775 bits per heavy atom. The number of hydrogen-bond acceptors (Lipinski definition) is 9. The Morgan fingerprint density at radius 3 is 1.85 bits per heavy atom. The minimum atomic E-state index is -4.31. The summed E-state index contributed by atoms with van der Waals surface area (Å²) in [5.74, 6) is -1.08. The summed E-state index contributed by atoms with van der Waals surface area (Å²) in [4.78, 5) is 34.2. The number of unbranched alkanes of at least 4 members (excludes halogenated alkanes) is 4. The largest absolute Gasteiger partial charge is 0.472 e. The van der Waals surface area contributed by atoms with Crippen molar-refractivity contribution in [1.29, 1.82) is 0 Å². The highest BCUT2D eigenvalue weighted by Crippen LogP contribution is 2.43. The zero-order chi connectivity index (χ0) is 29.2. The van der Waals surface area contributed by atoms with E-state index in [9.17, 15) is 19.0 Å². The maximum atomic E-state index is 12.4. The van der Waals surface area contributed by atoms with E-state index >= 15 is 0 Å². The number of carbonyl (C=O) groups excluding carboxylic acids is 2. The molecule has 6 atom stereocenters. The van der Waals surface area contributed by atoms with Crippen LogP contribution < -0.4 is 0 Å². The van der Waals surface area contributed by atoms with Gasteiger partial charge in [0, 0.05) is 0 Å². The number of phosphoric acid groups is 1. The van der Waals surface area contributed by atoms with E-state index in [2.05, 4.69) is 18.4 Å². The van der Waals surface area contributed by atoms with Crippen LogP contribution in [0.2, 0.25) is 0 Å². The molecule has 2 aliphatic rings. The van der Waals surface area contributed by atoms with Gasteiger partial charge in [0.1, 0.15) is 6.61 Å². The van der Waals surface area contributed by atoms with Crippen LogP contribution in [0, 0.1) is 0 Å². The van der Waals surface area contributed by atoms with Gasteiger partial charge in [-0.05, 0) is 32.6 Å². The van der Waals surface area contributed by atoms with Crippen LogP contribution in [-0.2, 0) is 42.1 Å². The van der Waals surface area contributed by atoms with Gasteiger partial charge >= 0.3 is 19.8 Å². The lowest BCUT2D eigenvalue weighted by Gasteiger charge is -2.19. The molecular formula is C29H49O10P. The fourth-order valence-electron chi connectivity index (χ4n) is 4.26. The Balaban J connectivity index is 1.69. The number of esters is 2. The van der Waals surface area contributed by atoms with Gasteiger partial charge in [-0.2, -0.15) is 0 Å². The van der Waals surface area contributed by atoms with Crippen molar-refractivity contribution in [2.75, 3.05) is 19.8 Å². The van der Waals surface area contributed by atoms with E-state index in [-0.39, 0.29) is 38.3 Å². The van der Waals surface area contributed by atoms with Crippen LogP contribution in [0.15, 0.2) is 24.3 Å². The van der Waals surface area contributed by atoms with E-state index < -0.39 is 32.5 Å². The van der Waals surface area contributed by atoms with Gasteiger partial charge in [0.25, 0.3) is 0 Å². The summed E-state index contributed by atoms with van der Waals surface area (Å²) in [6.07, 6.45) is 18.0. The third kappa shape index (κ3) is 16.0. The van der Waals surface area contributed by atoms with Crippen molar-refractivity contribution in [3.05, 3.63) is 24.3 Å². The Bertz CT molecular complexity index is 845. The Kier molecular flexibility index (Phi) is 16.9. The number of ether oxygens (including phenoxy) is 4. The van der Waals surface area contributed by atoms with Crippen LogP contribution in [0.3, 0.4) is 0 Å². The van der Waals surface area contributed by atoms with Gasteiger partial charge in [0.15, 0.2) is 6.10 Å². The molecule has 0 aromatic rings. The third-order valence-electron chi connectivity index (χ3n) is 6.64. The van der Waals surface area contributed by atoms with Crippen molar-refractivity contribution >= 4 is 19.8 Å². The molecule has 0 aromatic carbocycles. The summed E-state index contributed by atoms with van der Waals surface area (Å²) in [6.45, 7) is 5.09. The molecule has 40 heavy (non-hydrogen) atoms. The highest BCUT2D eigenvalue weighted by atomic mass is 31.2. The number of phosphoric ester groups is 1. The summed E-state index contributed by atoms with van der Waals surface area (Å²) in [5.41, 5.74) is 0. The monoisotopic (exact) mass is 588 g/mol. The number of hydrogen-bond donors (Lipinski definition) is 1. The molecule has 0 radical (unpaired) electrons. The van der Waals surface area contributed by atoms with Gasteiger partial charge in [-0.1, -0.05) is 76.7 Å². The van der Waals surface area contributed by atoms with E-state index in [1.807, 2.05) is 12.2 Å². The van der Waals surface area contributed by atoms with Crippen LogP contribution in [0.25, 0.3) is 0 Å². The molecule has 10 nitrogen and oxygen atoms in total. The second-order valence-electron chi connectivity index (χ2n) is 10.2. The highest BCUT2D eigenvalue weighted by Gasteiger charge is 2.37. The molecule has 2 rings (SSSR count). The fraction of sp³-hybridized carbons (Fsp3) is 0.793. The zero-order valence-corrected chi connectivity index (χ0v) is 25.3. The van der Waals surface area contributed by atoms with Gasteiger partial charge in [-0.25, -0.2) is 4.57 Å². The van der Waals surface area contributed by atoms with Gasteiger partial charge < -0.3 is 23.8 Å². The molecule has 2 heterocycles. The molecular weight excluding hydrogens is 539 g/mol. The molecule has 0 amide bonds. The molecule has 2 fully saturated rings. The first-order valence-electron chi connectivity index (χ1n) is 14.9. The zero-order valence-electron chi connectivity index (χ0n) is 24.4. The summed E-state index contributed by atoms with van der Waals surface area (Å²) >= 11 is 0. The standard InChI is InChI=1S/C29H49O10P/c1-4-7-9-15-24-26(38-24)17-11-13-19-28(30)34-21-23(22-36-40(32,33)35-6-3)37-29(31)20-14-12-18-27-25(39-27)16-10-8-5-2/h11-14,23-27H,4-10,15-22H2,1-3H3,(H,32,33). The Hall–Kier alpha value is -1.55. The van der Waals surface area contributed by atoms with E-state index in [4.69, 9.17) is 23.5 Å². The van der Waals surface area contributed by atoms with Crippen LogP contribution in [0.5, 0.6) is 0 Å². The summed E-state index contributed by atoms with van der Waals surface area (Å²) in [6, 6.07) is 0. The van der Waals surface area contributed by atoms with Crippen molar-refractivity contribution in [2.24, 2.45) is 0 Å². The first-order valence-corrected chi connectivity index (χ1v) is 16.3. The van der Waals surface area contributed by atoms with E-state index in [1.54, 1.807) is 19.1 Å². The predicted molar refractivity (Wildman–Crippen MR) is 151 cm³/mol. The third-order valence-corrected chi connectivity index (χ3v) is 7.70. The van der Waals surface area contributed by atoms with Crippen molar-refractivity contribution in [2.45, 2.75) is 128 Å². The topological polar surface area (TPSA) is 133 Å². The van der Waals surface area contributed by atoms with Gasteiger partial charge in [-0.3, -0.25) is 18.6 Å². The van der Waals surface area contributed by atoms with Crippen LogP contribution >= 0.6 is 7.82 Å². The van der Waals surface area contributed by atoms with Crippen molar-refractivity contribution in [1.82, 2.24) is 0 Å². The molecule has 0 aliphatic carbocycles. The first kappa shape index (κ1) is 34.7. The summed E-state index contributed by atoms with van der Waals surface area (Å²) < 4.78 is 43.3. The average molecular weight is 589 g/mol. The summed E-state index contributed by atoms with van der Waals surface area (Å²) in [5, 5.41) is 0. The average Bonchev–Trinajstić information content (AvgIpc) is 3.84. The van der Waals surface area contributed by atoms with Gasteiger partial charge in [0.05, 0.1) is 50.5 Å².